The zero-order valence-electron chi connectivity index (χ0n) is 11.9. The molecular formula is C18H18O2. The summed E-state index contributed by atoms with van der Waals surface area (Å²) in [6.45, 7) is 3.89. The first kappa shape index (κ1) is 12.8. The maximum atomic E-state index is 5.55. The molecule has 3 rings (SSSR count). The fourth-order valence-electron chi connectivity index (χ4n) is 2.89. The molecule has 0 saturated carbocycles. The molecule has 1 aliphatic carbocycles. The van der Waals surface area contributed by atoms with E-state index >= 15 is 0 Å². The van der Waals surface area contributed by atoms with Gasteiger partial charge in [0.25, 0.3) is 0 Å². The highest BCUT2D eigenvalue weighted by molar-refractivity contribution is 6.01. The Morgan fingerprint density at radius 1 is 1.00 bits per heavy atom. The lowest BCUT2D eigenvalue weighted by molar-refractivity contribution is 0.410. The van der Waals surface area contributed by atoms with Crippen molar-refractivity contribution in [3.05, 3.63) is 53.6 Å². The molecule has 102 valence electrons. The van der Waals surface area contributed by atoms with Crippen molar-refractivity contribution >= 4 is 16.8 Å². The largest absolute Gasteiger partial charge is 0.496 e. The number of benzene rings is 2. The number of allylic oxidation sites excluding steroid dienone is 2. The fraction of sp³-hybridized carbons (Fsp3) is 0.222. The highest BCUT2D eigenvalue weighted by Crippen LogP contribution is 2.40. The second-order valence-corrected chi connectivity index (χ2v) is 4.95. The number of rotatable bonds is 3. The molecule has 2 nitrogen and oxygen atoms in total. The first-order valence-electron chi connectivity index (χ1n) is 6.78. The zero-order valence-corrected chi connectivity index (χ0v) is 11.9. The van der Waals surface area contributed by atoms with E-state index in [-0.39, 0.29) is 0 Å². The molecule has 0 unspecified atom stereocenters. The van der Waals surface area contributed by atoms with E-state index in [0.29, 0.717) is 0 Å². The highest BCUT2D eigenvalue weighted by Gasteiger charge is 2.16. The van der Waals surface area contributed by atoms with E-state index < -0.39 is 0 Å². The van der Waals surface area contributed by atoms with Crippen LogP contribution in [0.3, 0.4) is 0 Å². The Hall–Kier alpha value is -2.22. The molecular weight excluding hydrogens is 248 g/mol. The zero-order chi connectivity index (χ0) is 14.1. The number of aryl methyl sites for hydroxylation is 1. The summed E-state index contributed by atoms with van der Waals surface area (Å²) in [6, 6.07) is 8.24. The van der Waals surface area contributed by atoms with Gasteiger partial charge in [0.1, 0.15) is 11.5 Å². The van der Waals surface area contributed by atoms with Crippen LogP contribution in [0.2, 0.25) is 0 Å². The molecule has 0 amide bonds. The van der Waals surface area contributed by atoms with Gasteiger partial charge in [-0.1, -0.05) is 30.9 Å². The molecule has 0 atom stereocenters. The summed E-state index contributed by atoms with van der Waals surface area (Å²) in [6.07, 6.45) is 6.25. The van der Waals surface area contributed by atoms with Crippen LogP contribution in [0.1, 0.15) is 17.5 Å². The van der Waals surface area contributed by atoms with Crippen molar-refractivity contribution in [2.45, 2.75) is 12.8 Å². The van der Waals surface area contributed by atoms with Gasteiger partial charge in [-0.2, -0.15) is 0 Å². The fourth-order valence-corrected chi connectivity index (χ4v) is 2.89. The summed E-state index contributed by atoms with van der Waals surface area (Å²) in [7, 11) is 3.41. The Balaban J connectivity index is 2.40. The smallest absolute Gasteiger partial charge is 0.127 e. The molecule has 1 aliphatic rings. The van der Waals surface area contributed by atoms with Crippen LogP contribution in [-0.2, 0) is 6.42 Å². The maximum Gasteiger partial charge on any atom is 0.127 e. The minimum atomic E-state index is 0.878. The summed E-state index contributed by atoms with van der Waals surface area (Å²) >= 11 is 0. The van der Waals surface area contributed by atoms with Crippen LogP contribution in [0.15, 0.2) is 42.5 Å². The van der Waals surface area contributed by atoms with E-state index in [1.807, 2.05) is 18.2 Å². The lowest BCUT2D eigenvalue weighted by Crippen LogP contribution is -2.00. The van der Waals surface area contributed by atoms with Crippen LogP contribution in [0.25, 0.3) is 16.8 Å². The van der Waals surface area contributed by atoms with E-state index in [1.54, 1.807) is 14.2 Å². The molecule has 2 aromatic carbocycles. The summed E-state index contributed by atoms with van der Waals surface area (Å²) in [5.74, 6) is 1.77. The Bertz CT molecular complexity index is 711. The van der Waals surface area contributed by atoms with Crippen LogP contribution in [0.4, 0.5) is 0 Å². The Labute approximate surface area is 119 Å². The number of fused-ring (bicyclic) bond motifs is 3. The third-order valence-electron chi connectivity index (χ3n) is 3.95. The standard InChI is InChI=1S/C18H18O2/c1-4-12-5-6-13-7-8-14-16(19-2)9-10-17(20-3)18(14)15(13)11-12/h4,7-11H,1,5-6H2,2-3H3. The molecule has 0 bridgehead atoms. The van der Waals surface area contributed by atoms with Crippen LogP contribution >= 0.6 is 0 Å². The van der Waals surface area contributed by atoms with Gasteiger partial charge in [-0.05, 0) is 41.7 Å². The predicted molar refractivity (Wildman–Crippen MR) is 83.5 cm³/mol. The molecule has 0 radical (unpaired) electrons. The van der Waals surface area contributed by atoms with Gasteiger partial charge in [0.2, 0.25) is 0 Å². The van der Waals surface area contributed by atoms with E-state index in [2.05, 4.69) is 24.8 Å². The van der Waals surface area contributed by atoms with Gasteiger partial charge in [0.05, 0.1) is 14.2 Å². The number of hydrogen-bond acceptors (Lipinski definition) is 2. The molecule has 0 N–H and O–H groups in total. The van der Waals surface area contributed by atoms with Crippen molar-refractivity contribution in [3.63, 3.8) is 0 Å². The van der Waals surface area contributed by atoms with Gasteiger partial charge < -0.3 is 9.47 Å². The first-order valence-corrected chi connectivity index (χ1v) is 6.78. The Kier molecular flexibility index (Phi) is 3.23. The monoisotopic (exact) mass is 266 g/mol. The number of ether oxygens (including phenoxy) is 2. The second-order valence-electron chi connectivity index (χ2n) is 4.95. The molecule has 2 aromatic rings. The predicted octanol–water partition coefficient (Wildman–Crippen LogP) is 4.37. The number of hydrogen-bond donors (Lipinski definition) is 0. The molecule has 0 aromatic heterocycles. The topological polar surface area (TPSA) is 18.5 Å². The Morgan fingerprint density at radius 3 is 2.45 bits per heavy atom. The van der Waals surface area contributed by atoms with Gasteiger partial charge in [-0.25, -0.2) is 0 Å². The lowest BCUT2D eigenvalue weighted by Gasteiger charge is -2.19. The van der Waals surface area contributed by atoms with Gasteiger partial charge >= 0.3 is 0 Å². The van der Waals surface area contributed by atoms with Crippen molar-refractivity contribution in [2.75, 3.05) is 14.2 Å². The second kappa shape index (κ2) is 5.04. The third kappa shape index (κ3) is 1.88. The molecule has 0 fully saturated rings. The molecule has 20 heavy (non-hydrogen) atoms. The normalized spacial score (nSPS) is 13.6. The maximum absolute atomic E-state index is 5.55. The van der Waals surface area contributed by atoms with Gasteiger partial charge in [-0.15, -0.1) is 0 Å². The van der Waals surface area contributed by atoms with Crippen molar-refractivity contribution in [3.8, 4) is 11.5 Å². The molecule has 0 aliphatic heterocycles. The van der Waals surface area contributed by atoms with E-state index in [4.69, 9.17) is 9.47 Å². The van der Waals surface area contributed by atoms with Crippen molar-refractivity contribution in [2.24, 2.45) is 0 Å². The van der Waals surface area contributed by atoms with Gasteiger partial charge in [0, 0.05) is 10.8 Å². The van der Waals surface area contributed by atoms with Crippen molar-refractivity contribution in [1.29, 1.82) is 0 Å². The summed E-state index contributed by atoms with van der Waals surface area (Å²) < 4.78 is 11.0. The Morgan fingerprint density at radius 2 is 1.75 bits per heavy atom. The van der Waals surface area contributed by atoms with Crippen LogP contribution in [0.5, 0.6) is 11.5 Å². The molecule has 0 spiro atoms. The third-order valence-corrected chi connectivity index (χ3v) is 3.95. The average molecular weight is 266 g/mol. The van der Waals surface area contributed by atoms with Crippen LogP contribution in [0, 0.1) is 0 Å². The first-order chi connectivity index (χ1) is 9.78. The van der Waals surface area contributed by atoms with E-state index in [1.165, 1.54) is 16.7 Å². The van der Waals surface area contributed by atoms with Crippen molar-refractivity contribution in [1.82, 2.24) is 0 Å². The average Bonchev–Trinajstić information content (AvgIpc) is 2.52. The highest BCUT2D eigenvalue weighted by atomic mass is 16.5. The molecule has 0 saturated heterocycles. The quantitative estimate of drug-likeness (QED) is 0.821. The minimum Gasteiger partial charge on any atom is -0.496 e. The SMILES string of the molecule is C=CC1=Cc2c(ccc3c(OC)ccc(OC)c23)CC1. The summed E-state index contributed by atoms with van der Waals surface area (Å²) in [4.78, 5) is 0. The van der Waals surface area contributed by atoms with Gasteiger partial charge in [-0.3, -0.25) is 0 Å². The summed E-state index contributed by atoms with van der Waals surface area (Å²) in [5.41, 5.74) is 3.86. The van der Waals surface area contributed by atoms with Gasteiger partial charge in [0.15, 0.2) is 0 Å². The minimum absolute atomic E-state index is 0.878. The van der Waals surface area contributed by atoms with Crippen molar-refractivity contribution < 1.29 is 9.47 Å². The number of methoxy groups -OCH3 is 2. The molecule has 2 heteroatoms. The van der Waals surface area contributed by atoms with Crippen LogP contribution < -0.4 is 9.47 Å². The van der Waals surface area contributed by atoms with E-state index in [0.717, 1.165) is 35.1 Å². The van der Waals surface area contributed by atoms with E-state index in [9.17, 15) is 0 Å². The molecule has 0 heterocycles. The summed E-state index contributed by atoms with van der Waals surface area (Å²) in [5, 5.41) is 2.22. The van der Waals surface area contributed by atoms with Crippen LogP contribution in [-0.4, -0.2) is 14.2 Å². The lowest BCUT2D eigenvalue weighted by atomic mass is 9.88.